The molecule has 0 unspecified atom stereocenters. The molecule has 3 aromatic rings. The number of carboxylic acid groups (broad SMARTS) is 1. The molecule has 1 N–H and O–H groups in total. The Balaban J connectivity index is 0.00000341. The monoisotopic (exact) mass is 480 g/mol. The number of aromatic carboxylic acids is 1. The Morgan fingerprint density at radius 1 is 1.03 bits per heavy atom. The normalized spacial score (nSPS) is 10.6. The second-order valence-electron chi connectivity index (χ2n) is 7.03. The van der Waals surface area contributed by atoms with Crippen molar-refractivity contribution in [3.8, 4) is 28.1 Å². The van der Waals surface area contributed by atoms with Crippen molar-refractivity contribution in [2.75, 3.05) is 27.2 Å². The van der Waals surface area contributed by atoms with Crippen LogP contribution in [0.25, 0.3) is 22.4 Å². The maximum absolute atomic E-state index is 11.5. The number of aromatic nitrogens is 1. The largest absolute Gasteiger partial charge is 0.492 e. The van der Waals surface area contributed by atoms with Gasteiger partial charge in [0.1, 0.15) is 11.4 Å². The maximum atomic E-state index is 11.5. The topological polar surface area (TPSA) is 62.7 Å². The number of hydrogen-bond acceptors (Lipinski definition) is 4. The van der Waals surface area contributed by atoms with Crippen molar-refractivity contribution in [2.24, 2.45) is 0 Å². The van der Waals surface area contributed by atoms with Gasteiger partial charge in [-0.05, 0) is 50.8 Å². The number of nitrogens with zero attached hydrogens (tertiary/aromatic N) is 2. The summed E-state index contributed by atoms with van der Waals surface area (Å²) in [6.45, 7) is 1.41. The third-order valence-corrected chi connectivity index (χ3v) is 5.13. The Labute approximate surface area is 198 Å². The van der Waals surface area contributed by atoms with Gasteiger partial charge < -0.3 is 14.7 Å². The third kappa shape index (κ3) is 6.34. The summed E-state index contributed by atoms with van der Waals surface area (Å²) in [7, 11) is 4.01. The first-order valence-corrected chi connectivity index (χ1v) is 10.2. The highest BCUT2D eigenvalue weighted by Gasteiger charge is 2.17. The first kappa shape index (κ1) is 25.0. The minimum Gasteiger partial charge on any atom is -0.492 e. The van der Waals surface area contributed by atoms with Crippen LogP contribution in [0.2, 0.25) is 10.0 Å². The molecular formula is C23H23Cl3N2O3. The Kier molecular flexibility index (Phi) is 9.14. The van der Waals surface area contributed by atoms with Gasteiger partial charge >= 0.3 is 5.97 Å². The molecule has 0 saturated carbocycles. The molecule has 164 valence electrons. The maximum Gasteiger partial charge on any atom is 0.354 e. The predicted octanol–water partition coefficient (Wildman–Crippen LogP) is 6.17. The first-order valence-electron chi connectivity index (χ1n) is 9.43. The van der Waals surface area contributed by atoms with E-state index in [9.17, 15) is 9.90 Å². The van der Waals surface area contributed by atoms with Crippen molar-refractivity contribution in [3.63, 3.8) is 0 Å². The summed E-state index contributed by atoms with van der Waals surface area (Å²) in [6.07, 6.45) is 0.852. The second kappa shape index (κ2) is 11.3. The van der Waals surface area contributed by atoms with Gasteiger partial charge in [-0.1, -0.05) is 47.5 Å². The molecule has 0 saturated heterocycles. The van der Waals surface area contributed by atoms with Crippen LogP contribution < -0.4 is 4.74 Å². The Morgan fingerprint density at radius 2 is 1.77 bits per heavy atom. The van der Waals surface area contributed by atoms with Crippen molar-refractivity contribution in [2.45, 2.75) is 6.42 Å². The molecule has 31 heavy (non-hydrogen) atoms. The van der Waals surface area contributed by atoms with Crippen LogP contribution in [0.3, 0.4) is 0 Å². The van der Waals surface area contributed by atoms with Gasteiger partial charge in [-0.3, -0.25) is 0 Å². The van der Waals surface area contributed by atoms with Gasteiger partial charge in [0.2, 0.25) is 0 Å². The number of rotatable bonds is 8. The van der Waals surface area contributed by atoms with Gasteiger partial charge in [-0.25, -0.2) is 9.78 Å². The van der Waals surface area contributed by atoms with E-state index in [1.165, 1.54) is 6.07 Å². The number of halogens is 3. The van der Waals surface area contributed by atoms with Crippen LogP contribution in [0.1, 0.15) is 16.9 Å². The van der Waals surface area contributed by atoms with E-state index in [1.807, 2.05) is 32.3 Å². The van der Waals surface area contributed by atoms with E-state index in [0.717, 1.165) is 24.1 Å². The lowest BCUT2D eigenvalue weighted by Gasteiger charge is -2.14. The second-order valence-corrected chi connectivity index (χ2v) is 7.84. The van der Waals surface area contributed by atoms with Crippen molar-refractivity contribution in [1.29, 1.82) is 0 Å². The summed E-state index contributed by atoms with van der Waals surface area (Å²) in [5.74, 6) is -0.573. The molecule has 5 nitrogen and oxygen atoms in total. The zero-order valence-electron chi connectivity index (χ0n) is 17.1. The molecule has 2 aromatic carbocycles. The van der Waals surface area contributed by atoms with Gasteiger partial charge in [0, 0.05) is 28.3 Å². The fourth-order valence-electron chi connectivity index (χ4n) is 3.02. The van der Waals surface area contributed by atoms with Gasteiger partial charge in [-0.15, -0.1) is 12.4 Å². The molecular weight excluding hydrogens is 459 g/mol. The molecule has 0 amide bonds. The summed E-state index contributed by atoms with van der Waals surface area (Å²) in [5, 5.41) is 10.5. The first-order chi connectivity index (χ1) is 14.4. The van der Waals surface area contributed by atoms with Crippen LogP contribution in [0, 0.1) is 0 Å². The molecule has 3 rings (SSSR count). The zero-order chi connectivity index (χ0) is 21.7. The summed E-state index contributed by atoms with van der Waals surface area (Å²) < 4.78 is 5.87. The molecule has 0 radical (unpaired) electrons. The van der Waals surface area contributed by atoms with Crippen LogP contribution in [0.15, 0.2) is 54.6 Å². The van der Waals surface area contributed by atoms with E-state index >= 15 is 0 Å². The van der Waals surface area contributed by atoms with Gasteiger partial charge in [0.25, 0.3) is 0 Å². The van der Waals surface area contributed by atoms with E-state index in [4.69, 9.17) is 27.9 Å². The van der Waals surface area contributed by atoms with Crippen LogP contribution >= 0.6 is 35.6 Å². The number of carbonyl (C=O) groups is 1. The minimum absolute atomic E-state index is 0. The SMILES string of the molecule is CN(C)CCCOc1cc(-c2nc(C(=O)O)ccc2-c2ccccc2Cl)ccc1Cl.Cl. The fourth-order valence-corrected chi connectivity index (χ4v) is 3.43. The molecule has 0 bridgehead atoms. The number of pyridine rings is 1. The van der Waals surface area contributed by atoms with Crippen LogP contribution in [-0.4, -0.2) is 48.2 Å². The number of ether oxygens (including phenoxy) is 1. The fraction of sp³-hybridized carbons (Fsp3) is 0.217. The Bertz CT molecular complexity index is 1060. The lowest BCUT2D eigenvalue weighted by molar-refractivity contribution is 0.0690. The average molecular weight is 482 g/mol. The van der Waals surface area contributed by atoms with Crippen LogP contribution in [0.4, 0.5) is 0 Å². The molecule has 0 spiro atoms. The van der Waals surface area contributed by atoms with Gasteiger partial charge in [0.15, 0.2) is 0 Å². The highest BCUT2D eigenvalue weighted by Crippen LogP contribution is 2.37. The highest BCUT2D eigenvalue weighted by atomic mass is 35.5. The molecule has 8 heteroatoms. The molecule has 0 fully saturated rings. The van der Waals surface area contributed by atoms with E-state index in [-0.39, 0.29) is 18.1 Å². The Morgan fingerprint density at radius 3 is 2.45 bits per heavy atom. The quantitative estimate of drug-likeness (QED) is 0.390. The molecule has 0 aliphatic carbocycles. The molecule has 0 aliphatic heterocycles. The van der Waals surface area contributed by atoms with Gasteiger partial charge in [0.05, 0.1) is 17.3 Å². The van der Waals surface area contributed by atoms with Crippen molar-refractivity contribution in [1.82, 2.24) is 9.88 Å². The molecule has 0 atom stereocenters. The average Bonchev–Trinajstić information content (AvgIpc) is 2.72. The summed E-state index contributed by atoms with van der Waals surface area (Å²) in [6, 6.07) is 15.9. The lowest BCUT2D eigenvalue weighted by Crippen LogP contribution is -2.15. The van der Waals surface area contributed by atoms with Crippen molar-refractivity contribution < 1.29 is 14.6 Å². The predicted molar refractivity (Wildman–Crippen MR) is 128 cm³/mol. The van der Waals surface area contributed by atoms with E-state index in [0.29, 0.717) is 33.7 Å². The summed E-state index contributed by atoms with van der Waals surface area (Å²) in [4.78, 5) is 18.0. The van der Waals surface area contributed by atoms with Crippen molar-refractivity contribution in [3.05, 3.63) is 70.3 Å². The number of benzene rings is 2. The molecule has 1 heterocycles. The smallest absolute Gasteiger partial charge is 0.354 e. The summed E-state index contributed by atoms with van der Waals surface area (Å²) >= 11 is 12.7. The zero-order valence-corrected chi connectivity index (χ0v) is 19.5. The van der Waals surface area contributed by atoms with E-state index in [2.05, 4.69) is 9.88 Å². The van der Waals surface area contributed by atoms with E-state index in [1.54, 1.807) is 30.3 Å². The molecule has 1 aromatic heterocycles. The minimum atomic E-state index is -1.10. The highest BCUT2D eigenvalue weighted by molar-refractivity contribution is 6.33. The number of hydrogen-bond donors (Lipinski definition) is 1. The Hall–Kier alpha value is -2.31. The van der Waals surface area contributed by atoms with E-state index < -0.39 is 5.97 Å². The van der Waals surface area contributed by atoms with Crippen LogP contribution in [-0.2, 0) is 0 Å². The van der Waals surface area contributed by atoms with Gasteiger partial charge in [-0.2, -0.15) is 0 Å². The molecule has 0 aliphatic rings. The number of carboxylic acids is 1. The van der Waals surface area contributed by atoms with Crippen LogP contribution in [0.5, 0.6) is 5.75 Å². The third-order valence-electron chi connectivity index (χ3n) is 4.49. The lowest BCUT2D eigenvalue weighted by atomic mass is 9.98. The standard InChI is InChI=1S/C23H22Cl2N2O3.ClH/c1-27(2)12-5-13-30-21-14-15(8-10-19(21)25)22-17(9-11-20(26-22)23(28)29)16-6-3-4-7-18(16)24;/h3-4,6-11,14H,5,12-13H2,1-2H3,(H,28,29);1H. The van der Waals surface area contributed by atoms with Crippen molar-refractivity contribution >= 4 is 41.6 Å². The summed E-state index contributed by atoms with van der Waals surface area (Å²) in [5.41, 5.74) is 2.63.